The van der Waals surface area contributed by atoms with Crippen LogP contribution in [0.2, 0.25) is 0 Å². The average molecular weight is 425 g/mol. The van der Waals surface area contributed by atoms with Gasteiger partial charge in [0.2, 0.25) is 0 Å². The maximum Gasteiger partial charge on any atom is 0.272 e. The normalized spacial score (nSPS) is 12.6. The molecule has 0 saturated heterocycles. The van der Waals surface area contributed by atoms with Gasteiger partial charge in [0.05, 0.1) is 18.5 Å². The fourth-order valence-electron chi connectivity index (χ4n) is 3.82. The minimum Gasteiger partial charge on any atom is -0.497 e. The molecule has 0 radical (unpaired) electrons. The monoisotopic (exact) mass is 425 g/mol. The summed E-state index contributed by atoms with van der Waals surface area (Å²) in [7, 11) is 1.64. The van der Waals surface area contributed by atoms with E-state index >= 15 is 0 Å². The number of nitrogens with one attached hydrogen (secondary N) is 1. The van der Waals surface area contributed by atoms with E-state index in [0.29, 0.717) is 11.3 Å². The van der Waals surface area contributed by atoms with Gasteiger partial charge in [-0.2, -0.15) is 0 Å². The third kappa shape index (κ3) is 3.08. The molecule has 2 aromatic carbocycles. The SMILES string of the molecule is COc1ccc2c(c1)CCc1c-2[nH]n2c(=O)cc(CSc3cccc(F)c3F)nc12. The van der Waals surface area contributed by atoms with Crippen molar-refractivity contribution in [1.29, 1.82) is 0 Å². The Balaban J connectivity index is 1.53. The van der Waals surface area contributed by atoms with Gasteiger partial charge in [0.25, 0.3) is 5.56 Å². The minimum atomic E-state index is -0.890. The number of methoxy groups -OCH3 is 1. The van der Waals surface area contributed by atoms with Crippen LogP contribution in [0.15, 0.2) is 52.2 Å². The van der Waals surface area contributed by atoms with Crippen LogP contribution in [0, 0.1) is 11.6 Å². The summed E-state index contributed by atoms with van der Waals surface area (Å²) in [4.78, 5) is 17.5. The number of ether oxygens (including phenoxy) is 1. The number of thioether (sulfide) groups is 1. The Bertz CT molecular complexity index is 1350. The van der Waals surface area contributed by atoms with Crippen LogP contribution in [0.4, 0.5) is 8.78 Å². The van der Waals surface area contributed by atoms with Crippen molar-refractivity contribution in [3.8, 4) is 17.0 Å². The predicted molar refractivity (Wildman–Crippen MR) is 111 cm³/mol. The number of aromatic amines is 1. The third-order valence-electron chi connectivity index (χ3n) is 5.28. The minimum absolute atomic E-state index is 0.191. The van der Waals surface area contributed by atoms with E-state index in [1.165, 1.54) is 22.7 Å². The first-order valence-electron chi connectivity index (χ1n) is 9.43. The van der Waals surface area contributed by atoms with Crippen LogP contribution in [0.3, 0.4) is 0 Å². The van der Waals surface area contributed by atoms with Crippen LogP contribution < -0.4 is 10.3 Å². The van der Waals surface area contributed by atoms with Crippen LogP contribution in [-0.4, -0.2) is 21.7 Å². The van der Waals surface area contributed by atoms with Crippen molar-refractivity contribution in [3.05, 3.63) is 81.3 Å². The molecule has 152 valence electrons. The van der Waals surface area contributed by atoms with E-state index in [-0.39, 0.29) is 16.2 Å². The molecule has 2 heterocycles. The van der Waals surface area contributed by atoms with Crippen molar-refractivity contribution in [1.82, 2.24) is 14.6 Å². The van der Waals surface area contributed by atoms with Gasteiger partial charge >= 0.3 is 0 Å². The number of halogens is 2. The molecule has 0 bridgehead atoms. The van der Waals surface area contributed by atoms with Crippen molar-refractivity contribution in [2.24, 2.45) is 0 Å². The van der Waals surface area contributed by atoms with Crippen molar-refractivity contribution >= 4 is 17.4 Å². The standard InChI is InChI=1S/C22H17F2N3O2S/c1-29-14-6-8-15-12(9-14)5-7-16-21(15)26-27-19(28)10-13(25-22(16)27)11-30-18-4-2-3-17(23)20(18)24/h2-4,6,8-10,26H,5,7,11H2,1H3. The molecule has 5 nitrogen and oxygen atoms in total. The Labute approximate surface area is 174 Å². The molecule has 1 N–H and O–H groups in total. The summed E-state index contributed by atoms with van der Waals surface area (Å²) in [5.41, 5.74) is 4.90. The highest BCUT2D eigenvalue weighted by molar-refractivity contribution is 7.98. The quantitative estimate of drug-likeness (QED) is 0.494. The summed E-state index contributed by atoms with van der Waals surface area (Å²) in [5, 5.41) is 3.18. The fourth-order valence-corrected chi connectivity index (χ4v) is 4.67. The topological polar surface area (TPSA) is 59.4 Å². The van der Waals surface area contributed by atoms with Gasteiger partial charge in [-0.1, -0.05) is 6.07 Å². The molecule has 30 heavy (non-hydrogen) atoms. The lowest BCUT2D eigenvalue weighted by molar-refractivity contribution is 0.414. The number of aromatic nitrogens is 3. The van der Waals surface area contributed by atoms with Crippen molar-refractivity contribution < 1.29 is 13.5 Å². The number of nitrogens with zero attached hydrogens (tertiary/aromatic N) is 2. The molecule has 4 aromatic rings. The maximum absolute atomic E-state index is 13.9. The first kappa shape index (κ1) is 18.9. The molecule has 1 aliphatic carbocycles. The molecule has 1 aliphatic rings. The molecular formula is C22H17F2N3O2S. The van der Waals surface area contributed by atoms with Gasteiger partial charge in [-0.25, -0.2) is 18.3 Å². The zero-order valence-electron chi connectivity index (χ0n) is 16.0. The second-order valence-corrected chi connectivity index (χ2v) is 8.09. The van der Waals surface area contributed by atoms with Gasteiger partial charge in [0.1, 0.15) is 5.75 Å². The van der Waals surface area contributed by atoms with E-state index in [1.807, 2.05) is 18.2 Å². The molecule has 8 heteroatoms. The molecular weight excluding hydrogens is 408 g/mol. The highest BCUT2D eigenvalue weighted by Crippen LogP contribution is 2.36. The Morgan fingerprint density at radius 1 is 1.20 bits per heavy atom. The Morgan fingerprint density at radius 3 is 2.90 bits per heavy atom. The number of hydrogen-bond acceptors (Lipinski definition) is 4. The summed E-state index contributed by atoms with van der Waals surface area (Å²) in [6.45, 7) is 0. The van der Waals surface area contributed by atoms with Gasteiger partial charge in [-0.3, -0.25) is 9.89 Å². The zero-order chi connectivity index (χ0) is 20.8. The third-order valence-corrected chi connectivity index (χ3v) is 6.35. The Morgan fingerprint density at radius 2 is 2.07 bits per heavy atom. The van der Waals surface area contributed by atoms with Crippen LogP contribution in [0.25, 0.3) is 16.9 Å². The van der Waals surface area contributed by atoms with Gasteiger partial charge in [-0.05, 0) is 48.7 Å². The smallest absolute Gasteiger partial charge is 0.272 e. The zero-order valence-corrected chi connectivity index (χ0v) is 16.9. The van der Waals surface area contributed by atoms with E-state index < -0.39 is 11.6 Å². The average Bonchev–Trinajstić information content (AvgIpc) is 3.14. The molecule has 0 amide bonds. The molecule has 0 aliphatic heterocycles. The van der Waals surface area contributed by atoms with Crippen LogP contribution in [0.1, 0.15) is 16.8 Å². The van der Waals surface area contributed by atoms with E-state index in [2.05, 4.69) is 10.1 Å². The molecule has 0 unspecified atom stereocenters. The van der Waals surface area contributed by atoms with E-state index in [1.54, 1.807) is 7.11 Å². The van der Waals surface area contributed by atoms with Gasteiger partial charge < -0.3 is 4.74 Å². The lowest BCUT2D eigenvalue weighted by Crippen LogP contribution is -2.15. The predicted octanol–water partition coefficient (Wildman–Crippen LogP) is 4.37. The van der Waals surface area contributed by atoms with Crippen LogP contribution in [-0.2, 0) is 18.6 Å². The lowest BCUT2D eigenvalue weighted by atomic mass is 9.90. The van der Waals surface area contributed by atoms with E-state index in [4.69, 9.17) is 4.74 Å². The second kappa shape index (κ2) is 7.28. The maximum atomic E-state index is 13.9. The summed E-state index contributed by atoms with van der Waals surface area (Å²) in [6, 6.07) is 11.4. The van der Waals surface area contributed by atoms with Crippen LogP contribution in [0.5, 0.6) is 5.75 Å². The first-order valence-corrected chi connectivity index (χ1v) is 10.4. The highest BCUT2D eigenvalue weighted by Gasteiger charge is 2.23. The number of rotatable bonds is 4. The summed E-state index contributed by atoms with van der Waals surface area (Å²) >= 11 is 1.11. The molecule has 2 aromatic heterocycles. The molecule has 5 rings (SSSR count). The van der Waals surface area contributed by atoms with Crippen molar-refractivity contribution in [2.45, 2.75) is 23.5 Å². The number of H-pyrrole nitrogens is 1. The summed E-state index contributed by atoms with van der Waals surface area (Å²) in [6.07, 6.45) is 1.56. The molecule has 0 atom stereocenters. The Kier molecular flexibility index (Phi) is 4.58. The van der Waals surface area contributed by atoms with Crippen molar-refractivity contribution in [3.63, 3.8) is 0 Å². The van der Waals surface area contributed by atoms with Crippen molar-refractivity contribution in [2.75, 3.05) is 7.11 Å². The largest absolute Gasteiger partial charge is 0.497 e. The summed E-state index contributed by atoms with van der Waals surface area (Å²) < 4.78 is 34.1. The molecule has 0 saturated carbocycles. The fraction of sp³-hybridized carbons (Fsp3) is 0.182. The van der Waals surface area contributed by atoms with E-state index in [0.717, 1.165) is 58.8 Å². The number of hydrogen-bond donors (Lipinski definition) is 1. The number of benzene rings is 2. The second-order valence-electron chi connectivity index (χ2n) is 7.07. The summed E-state index contributed by atoms with van der Waals surface area (Å²) in [5.74, 6) is -0.711. The number of fused-ring (bicyclic) bond motifs is 5. The van der Waals surface area contributed by atoms with Gasteiger partial charge in [0, 0.05) is 27.8 Å². The highest BCUT2D eigenvalue weighted by atomic mass is 32.2. The first-order chi connectivity index (χ1) is 14.5. The Hall–Kier alpha value is -3.13. The van der Waals surface area contributed by atoms with E-state index in [9.17, 15) is 13.6 Å². The molecule has 0 fully saturated rings. The van der Waals surface area contributed by atoms with Crippen LogP contribution >= 0.6 is 11.8 Å². The number of aryl methyl sites for hydroxylation is 2. The van der Waals surface area contributed by atoms with Gasteiger partial charge in [-0.15, -0.1) is 11.8 Å². The molecule has 0 spiro atoms. The lowest BCUT2D eigenvalue weighted by Gasteiger charge is -2.16. The van der Waals surface area contributed by atoms with Gasteiger partial charge in [0.15, 0.2) is 17.3 Å².